The van der Waals surface area contributed by atoms with Gasteiger partial charge in [0.25, 0.3) is 0 Å². The number of carboxylic acids is 1. The highest BCUT2D eigenvalue weighted by Crippen LogP contribution is 2.00. The lowest BCUT2D eigenvalue weighted by Gasteiger charge is -2.16. The van der Waals surface area contributed by atoms with Gasteiger partial charge in [0.15, 0.2) is 9.84 Å². The number of sulfone groups is 1. The number of nitrogens with two attached hydrogens (primary N) is 1. The number of carbonyl (C=O) groups excluding carboxylic acids is 1. The van der Waals surface area contributed by atoms with Crippen LogP contribution in [0.15, 0.2) is 11.5 Å². The normalized spacial score (nSPS) is 14.9. The Morgan fingerprint density at radius 2 is 2.00 bits per heavy atom. The van der Waals surface area contributed by atoms with E-state index in [-0.39, 0.29) is 13.0 Å². The molecule has 0 bridgehead atoms. The van der Waals surface area contributed by atoms with E-state index in [0.717, 1.165) is 17.7 Å². The van der Waals surface area contributed by atoms with E-state index >= 15 is 0 Å². The molecule has 116 valence electrons. The zero-order chi connectivity index (χ0) is 15.8. The molecule has 0 aromatic carbocycles. The Balaban J connectivity index is 4.68. The van der Waals surface area contributed by atoms with Crippen LogP contribution in [0.2, 0.25) is 0 Å². The van der Waals surface area contributed by atoms with Crippen molar-refractivity contribution in [1.82, 2.24) is 5.32 Å². The molecule has 0 spiro atoms. The molecule has 0 rings (SSSR count). The van der Waals surface area contributed by atoms with Crippen LogP contribution < -0.4 is 11.1 Å². The van der Waals surface area contributed by atoms with Crippen LogP contribution in [0.4, 0.5) is 0 Å². The lowest BCUT2D eigenvalue weighted by atomic mass is 10.1. The topological polar surface area (TPSA) is 147 Å². The highest BCUT2D eigenvalue weighted by Gasteiger charge is 2.18. The summed E-state index contributed by atoms with van der Waals surface area (Å²) in [5, 5.41) is 20.5. The van der Waals surface area contributed by atoms with E-state index in [1.54, 1.807) is 0 Å². The molecular weight excluding hydrogens is 288 g/mol. The van der Waals surface area contributed by atoms with Gasteiger partial charge in [0.05, 0.1) is 18.5 Å². The van der Waals surface area contributed by atoms with Crippen molar-refractivity contribution >= 4 is 21.7 Å². The van der Waals surface area contributed by atoms with E-state index in [2.05, 4.69) is 5.32 Å². The first-order valence-electron chi connectivity index (χ1n) is 5.92. The second kappa shape index (κ2) is 8.67. The van der Waals surface area contributed by atoms with Crippen LogP contribution in [0.1, 0.15) is 19.3 Å². The molecule has 0 aliphatic rings. The second-order valence-electron chi connectivity index (χ2n) is 4.34. The molecular formula is C11H20N2O6S. The average Bonchev–Trinajstić information content (AvgIpc) is 2.31. The summed E-state index contributed by atoms with van der Waals surface area (Å²) >= 11 is 0. The van der Waals surface area contributed by atoms with Crippen molar-refractivity contribution in [3.05, 3.63) is 11.5 Å². The van der Waals surface area contributed by atoms with Gasteiger partial charge in [-0.05, 0) is 12.8 Å². The smallest absolute Gasteiger partial charge is 0.305 e. The van der Waals surface area contributed by atoms with Gasteiger partial charge in [0.1, 0.15) is 0 Å². The summed E-state index contributed by atoms with van der Waals surface area (Å²) in [5.74, 6) is -1.78. The van der Waals surface area contributed by atoms with E-state index in [1.165, 1.54) is 0 Å². The van der Waals surface area contributed by atoms with Gasteiger partial charge >= 0.3 is 5.97 Å². The van der Waals surface area contributed by atoms with E-state index in [9.17, 15) is 18.0 Å². The maximum atomic E-state index is 11.7. The number of amides is 1. The number of nitrogens with one attached hydrogen (secondary N) is 1. The number of aliphatic hydroxyl groups is 1. The number of aliphatic hydroxyl groups excluding tert-OH is 1. The summed E-state index contributed by atoms with van der Waals surface area (Å²) in [6, 6.07) is -1.85. The molecule has 20 heavy (non-hydrogen) atoms. The molecule has 9 heteroatoms. The largest absolute Gasteiger partial charge is 0.481 e. The van der Waals surface area contributed by atoms with Crippen LogP contribution in [0.5, 0.6) is 0 Å². The van der Waals surface area contributed by atoms with Crippen LogP contribution in [-0.4, -0.2) is 55.5 Å². The Morgan fingerprint density at radius 1 is 1.40 bits per heavy atom. The van der Waals surface area contributed by atoms with Crippen molar-refractivity contribution in [1.29, 1.82) is 0 Å². The Kier molecular flexibility index (Phi) is 8.04. The number of hydrogen-bond acceptors (Lipinski definition) is 6. The van der Waals surface area contributed by atoms with E-state index in [0.29, 0.717) is 6.42 Å². The molecule has 0 unspecified atom stereocenters. The number of aliphatic carboxylic acids is 1. The predicted octanol–water partition coefficient (Wildman–Crippen LogP) is -1.40. The first-order chi connectivity index (χ1) is 9.15. The summed E-state index contributed by atoms with van der Waals surface area (Å²) in [7, 11) is -3.41. The zero-order valence-electron chi connectivity index (χ0n) is 11.2. The Hall–Kier alpha value is -1.45. The van der Waals surface area contributed by atoms with Crippen molar-refractivity contribution in [2.45, 2.75) is 31.3 Å². The summed E-state index contributed by atoms with van der Waals surface area (Å²) in [6.07, 6.45) is 2.19. The molecule has 0 saturated heterocycles. The van der Waals surface area contributed by atoms with Crippen molar-refractivity contribution in [3.63, 3.8) is 0 Å². The van der Waals surface area contributed by atoms with Gasteiger partial charge < -0.3 is 21.3 Å². The van der Waals surface area contributed by atoms with Crippen LogP contribution in [0, 0.1) is 0 Å². The molecule has 0 aromatic heterocycles. The number of carboxylic acid groups (broad SMARTS) is 1. The molecule has 0 fully saturated rings. The Labute approximate surface area is 117 Å². The first-order valence-corrected chi connectivity index (χ1v) is 7.88. The van der Waals surface area contributed by atoms with Gasteiger partial charge in [-0.3, -0.25) is 9.59 Å². The molecule has 0 aliphatic carbocycles. The van der Waals surface area contributed by atoms with E-state index in [4.69, 9.17) is 15.9 Å². The minimum absolute atomic E-state index is 0.104. The molecule has 0 heterocycles. The van der Waals surface area contributed by atoms with Gasteiger partial charge in [-0.2, -0.15) is 0 Å². The fraction of sp³-hybridized carbons (Fsp3) is 0.636. The standard InChI is InChI=1S/C11H20N2O6S/c1-20(18,19)6-4-8(7-10(15)16)13-11(17)9(12)3-2-5-14/h4,6,8-9,14H,2-3,5,7,12H2,1H3,(H,13,17)(H,15,16)/b6-4+/t8-,9+/m1/s1. The zero-order valence-corrected chi connectivity index (χ0v) is 12.0. The fourth-order valence-corrected chi connectivity index (χ4v) is 1.80. The predicted molar refractivity (Wildman–Crippen MR) is 72.5 cm³/mol. The quantitative estimate of drug-likeness (QED) is 0.409. The molecule has 5 N–H and O–H groups in total. The SMILES string of the molecule is CS(=O)(=O)/C=C/[C@H](CC(=O)O)NC(=O)[C@@H](N)CCCO. The van der Waals surface area contributed by atoms with Gasteiger partial charge in [0, 0.05) is 18.3 Å². The number of hydrogen-bond donors (Lipinski definition) is 4. The van der Waals surface area contributed by atoms with Crippen molar-refractivity contribution in [3.8, 4) is 0 Å². The third-order valence-corrected chi connectivity index (χ3v) is 2.94. The van der Waals surface area contributed by atoms with Crippen molar-refractivity contribution in [2.24, 2.45) is 5.73 Å². The van der Waals surface area contributed by atoms with Crippen molar-refractivity contribution < 1.29 is 28.2 Å². The lowest BCUT2D eigenvalue weighted by Crippen LogP contribution is -2.45. The fourth-order valence-electron chi connectivity index (χ4n) is 1.32. The number of carbonyl (C=O) groups is 2. The summed E-state index contributed by atoms with van der Waals surface area (Å²) in [5.41, 5.74) is 5.55. The van der Waals surface area contributed by atoms with E-state index in [1.807, 2.05) is 0 Å². The summed E-state index contributed by atoms with van der Waals surface area (Å²) < 4.78 is 22.0. The highest BCUT2D eigenvalue weighted by molar-refractivity contribution is 7.93. The third kappa shape index (κ3) is 9.48. The average molecular weight is 308 g/mol. The molecule has 0 radical (unpaired) electrons. The van der Waals surface area contributed by atoms with E-state index < -0.39 is 40.2 Å². The van der Waals surface area contributed by atoms with Gasteiger partial charge in [-0.1, -0.05) is 6.08 Å². The Morgan fingerprint density at radius 3 is 2.45 bits per heavy atom. The van der Waals surface area contributed by atoms with Gasteiger partial charge in [-0.25, -0.2) is 8.42 Å². The highest BCUT2D eigenvalue weighted by atomic mass is 32.2. The van der Waals surface area contributed by atoms with Crippen LogP contribution in [-0.2, 0) is 19.4 Å². The second-order valence-corrected chi connectivity index (χ2v) is 6.27. The molecule has 8 nitrogen and oxygen atoms in total. The first kappa shape index (κ1) is 18.6. The maximum Gasteiger partial charge on any atom is 0.305 e. The van der Waals surface area contributed by atoms with Gasteiger partial charge in [-0.15, -0.1) is 0 Å². The maximum absolute atomic E-state index is 11.7. The Bertz CT molecular complexity index is 460. The lowest BCUT2D eigenvalue weighted by molar-refractivity contribution is -0.137. The molecule has 0 saturated carbocycles. The molecule has 2 atom stereocenters. The molecule has 0 aromatic rings. The van der Waals surface area contributed by atoms with Crippen LogP contribution in [0.3, 0.4) is 0 Å². The minimum Gasteiger partial charge on any atom is -0.481 e. The van der Waals surface area contributed by atoms with Crippen LogP contribution in [0.25, 0.3) is 0 Å². The number of rotatable bonds is 9. The van der Waals surface area contributed by atoms with Crippen molar-refractivity contribution in [2.75, 3.05) is 12.9 Å². The van der Waals surface area contributed by atoms with Crippen LogP contribution >= 0.6 is 0 Å². The third-order valence-electron chi connectivity index (χ3n) is 2.29. The minimum atomic E-state index is -3.41. The monoisotopic (exact) mass is 308 g/mol. The molecule has 1 amide bonds. The summed E-state index contributed by atoms with van der Waals surface area (Å²) in [6.45, 7) is -0.104. The molecule has 0 aliphatic heterocycles. The van der Waals surface area contributed by atoms with Gasteiger partial charge in [0.2, 0.25) is 5.91 Å². The summed E-state index contributed by atoms with van der Waals surface area (Å²) in [4.78, 5) is 22.3.